The van der Waals surface area contributed by atoms with Crippen LogP contribution in [0.5, 0.6) is 0 Å². The molecule has 0 amide bonds. The predicted octanol–water partition coefficient (Wildman–Crippen LogP) is 2.58. The molecule has 0 bridgehead atoms. The molecule has 1 fully saturated rings. The fourth-order valence-corrected chi connectivity index (χ4v) is 4.73. The van der Waals surface area contributed by atoms with Crippen LogP contribution in [0.3, 0.4) is 0 Å². The van der Waals surface area contributed by atoms with Gasteiger partial charge in [0.1, 0.15) is 6.61 Å². The summed E-state index contributed by atoms with van der Waals surface area (Å²) in [6.45, 7) is 1.30. The number of hydrogen-bond donors (Lipinski definition) is 1. The summed E-state index contributed by atoms with van der Waals surface area (Å²) < 4.78 is 33.7. The van der Waals surface area contributed by atoms with E-state index in [4.69, 9.17) is 9.73 Å². The Morgan fingerprint density at radius 1 is 1.18 bits per heavy atom. The van der Waals surface area contributed by atoms with Gasteiger partial charge in [-0.1, -0.05) is 24.3 Å². The third-order valence-electron chi connectivity index (χ3n) is 5.77. The monoisotopic (exact) mass is 398 g/mol. The van der Waals surface area contributed by atoms with E-state index in [0.29, 0.717) is 18.3 Å². The van der Waals surface area contributed by atoms with Gasteiger partial charge in [-0.2, -0.15) is 17.7 Å². The number of aliphatic imine (C=N–C) groups is 1. The highest BCUT2D eigenvalue weighted by Crippen LogP contribution is 2.53. The van der Waals surface area contributed by atoms with Crippen molar-refractivity contribution in [2.45, 2.75) is 25.0 Å². The number of amidine groups is 1. The van der Waals surface area contributed by atoms with E-state index in [0.717, 1.165) is 34.9 Å². The summed E-state index contributed by atoms with van der Waals surface area (Å²) in [6.07, 6.45) is 2.18. The van der Waals surface area contributed by atoms with E-state index in [9.17, 15) is 8.42 Å². The number of ether oxygens (including phenoxy) is 1. The van der Waals surface area contributed by atoms with Gasteiger partial charge < -0.3 is 9.64 Å². The Labute approximate surface area is 164 Å². The van der Waals surface area contributed by atoms with Crippen molar-refractivity contribution in [3.63, 3.8) is 0 Å². The van der Waals surface area contributed by atoms with Crippen molar-refractivity contribution in [2.24, 2.45) is 4.99 Å². The van der Waals surface area contributed by atoms with Crippen molar-refractivity contribution < 1.29 is 13.2 Å². The van der Waals surface area contributed by atoms with Crippen LogP contribution < -0.4 is 4.72 Å². The zero-order valence-electron chi connectivity index (χ0n) is 15.8. The van der Waals surface area contributed by atoms with Gasteiger partial charge in [0.25, 0.3) is 6.02 Å². The summed E-state index contributed by atoms with van der Waals surface area (Å²) in [6, 6.07) is 14.6. The molecule has 1 spiro atoms. The number of aryl methyl sites for hydroxylation is 1. The smallest absolute Gasteiger partial charge is 0.301 e. The number of benzene rings is 2. The van der Waals surface area contributed by atoms with Gasteiger partial charge in [0.2, 0.25) is 0 Å². The zero-order valence-corrected chi connectivity index (χ0v) is 16.7. The van der Waals surface area contributed by atoms with Gasteiger partial charge in [0.05, 0.1) is 23.5 Å². The number of anilines is 1. The summed E-state index contributed by atoms with van der Waals surface area (Å²) >= 11 is 0. The zero-order chi connectivity index (χ0) is 19.5. The van der Waals surface area contributed by atoms with Gasteiger partial charge in [-0.15, -0.1) is 0 Å². The predicted molar refractivity (Wildman–Crippen MR) is 108 cm³/mol. The average Bonchev–Trinajstić information content (AvgIpc) is 3.29. The fraction of sp³-hybridized carbons (Fsp3) is 0.350. The molecule has 0 radical (unpaired) electrons. The normalized spacial score (nSPS) is 22.5. The molecule has 1 unspecified atom stereocenters. The van der Waals surface area contributed by atoms with Crippen molar-refractivity contribution in [3.8, 4) is 0 Å². The highest BCUT2D eigenvalue weighted by Gasteiger charge is 2.59. The molecular weight excluding hydrogens is 376 g/mol. The highest BCUT2D eigenvalue weighted by molar-refractivity contribution is 7.90. The SMILES string of the molecule is CN(C)S(=O)(=O)Nc1ccc2c(c1)COC(N1CC13CCc1ccccc13)=N2. The van der Waals surface area contributed by atoms with Crippen LogP contribution in [-0.4, -0.2) is 44.3 Å². The minimum absolute atomic E-state index is 0.0359. The van der Waals surface area contributed by atoms with E-state index in [1.807, 2.05) is 6.07 Å². The third kappa shape index (κ3) is 2.67. The second-order valence-electron chi connectivity index (χ2n) is 7.69. The van der Waals surface area contributed by atoms with Crippen LogP contribution in [0.2, 0.25) is 0 Å². The second kappa shape index (κ2) is 5.96. The fourth-order valence-electron chi connectivity index (χ4n) is 4.12. The van der Waals surface area contributed by atoms with Crippen LogP contribution in [0.25, 0.3) is 0 Å². The van der Waals surface area contributed by atoms with E-state index in [-0.39, 0.29) is 5.54 Å². The first-order valence-electron chi connectivity index (χ1n) is 9.30. The summed E-state index contributed by atoms with van der Waals surface area (Å²) in [7, 11) is -0.562. The Morgan fingerprint density at radius 2 is 2.00 bits per heavy atom. The quantitative estimate of drug-likeness (QED) is 0.807. The standard InChI is InChI=1S/C20H22N4O3S/c1-23(2)28(25,26)22-16-7-8-18-15(11-16)12-27-19(21-18)24-13-20(24)10-9-14-5-3-4-6-17(14)20/h3-8,11,22H,9-10,12-13H2,1-2H3. The van der Waals surface area contributed by atoms with Crippen molar-refractivity contribution in [1.29, 1.82) is 0 Å². The van der Waals surface area contributed by atoms with E-state index < -0.39 is 10.2 Å². The summed E-state index contributed by atoms with van der Waals surface area (Å²) in [5.74, 6) is 0. The van der Waals surface area contributed by atoms with Crippen LogP contribution in [-0.2, 0) is 33.5 Å². The Kier molecular flexibility index (Phi) is 3.73. The maximum Gasteiger partial charge on any atom is 0.301 e. The second-order valence-corrected chi connectivity index (χ2v) is 9.58. The molecule has 2 aliphatic heterocycles. The molecule has 8 heteroatoms. The Bertz CT molecular complexity index is 1100. The number of hydrogen-bond acceptors (Lipinski definition) is 5. The van der Waals surface area contributed by atoms with E-state index >= 15 is 0 Å². The van der Waals surface area contributed by atoms with Crippen LogP contribution in [0.4, 0.5) is 11.4 Å². The average molecular weight is 398 g/mol. The van der Waals surface area contributed by atoms with Gasteiger partial charge in [-0.3, -0.25) is 4.72 Å². The molecule has 146 valence electrons. The van der Waals surface area contributed by atoms with Gasteiger partial charge in [0.15, 0.2) is 0 Å². The lowest BCUT2D eigenvalue weighted by atomic mass is 10.0. The molecule has 3 aliphatic rings. The number of fused-ring (bicyclic) bond motifs is 3. The van der Waals surface area contributed by atoms with Gasteiger partial charge in [-0.25, -0.2) is 0 Å². The summed E-state index contributed by atoms with van der Waals surface area (Å²) in [5.41, 5.74) is 5.03. The molecule has 28 heavy (non-hydrogen) atoms. The van der Waals surface area contributed by atoms with Gasteiger partial charge in [0, 0.05) is 19.7 Å². The molecule has 1 aliphatic carbocycles. The van der Waals surface area contributed by atoms with Crippen molar-refractivity contribution in [1.82, 2.24) is 9.21 Å². The van der Waals surface area contributed by atoms with Crippen molar-refractivity contribution in [3.05, 3.63) is 59.2 Å². The molecule has 2 heterocycles. The minimum Gasteiger partial charge on any atom is -0.460 e. The molecule has 0 saturated carbocycles. The Morgan fingerprint density at radius 3 is 2.82 bits per heavy atom. The molecule has 5 rings (SSSR count). The Balaban J connectivity index is 1.39. The van der Waals surface area contributed by atoms with Gasteiger partial charge in [-0.05, 0) is 42.2 Å². The lowest BCUT2D eigenvalue weighted by molar-refractivity contribution is 0.246. The molecule has 2 aromatic carbocycles. The first-order chi connectivity index (χ1) is 13.4. The maximum absolute atomic E-state index is 12.0. The lowest BCUT2D eigenvalue weighted by Gasteiger charge is -2.21. The summed E-state index contributed by atoms with van der Waals surface area (Å²) in [5, 5.41) is 0. The van der Waals surface area contributed by atoms with E-state index in [1.165, 1.54) is 25.2 Å². The largest absolute Gasteiger partial charge is 0.460 e. The van der Waals surface area contributed by atoms with E-state index in [1.54, 1.807) is 12.1 Å². The topological polar surface area (TPSA) is 74.0 Å². The molecule has 7 nitrogen and oxygen atoms in total. The lowest BCUT2D eigenvalue weighted by Crippen LogP contribution is -2.29. The number of nitrogens with zero attached hydrogens (tertiary/aromatic N) is 3. The molecule has 2 aromatic rings. The number of nitrogens with one attached hydrogen (secondary N) is 1. The van der Waals surface area contributed by atoms with Crippen LogP contribution in [0, 0.1) is 0 Å². The van der Waals surface area contributed by atoms with Crippen molar-refractivity contribution >= 4 is 27.6 Å². The minimum atomic E-state index is -3.54. The first-order valence-corrected chi connectivity index (χ1v) is 10.7. The number of rotatable bonds is 3. The van der Waals surface area contributed by atoms with E-state index in [2.05, 4.69) is 33.9 Å². The van der Waals surface area contributed by atoms with Crippen molar-refractivity contribution in [2.75, 3.05) is 25.4 Å². The molecule has 1 N–H and O–H groups in total. The van der Waals surface area contributed by atoms with Crippen LogP contribution >= 0.6 is 0 Å². The maximum atomic E-state index is 12.0. The van der Waals surface area contributed by atoms with Crippen LogP contribution in [0.1, 0.15) is 23.1 Å². The highest BCUT2D eigenvalue weighted by atomic mass is 32.2. The summed E-state index contributed by atoms with van der Waals surface area (Å²) in [4.78, 5) is 6.95. The molecule has 1 saturated heterocycles. The van der Waals surface area contributed by atoms with Crippen LogP contribution in [0.15, 0.2) is 47.5 Å². The third-order valence-corrected chi connectivity index (χ3v) is 7.23. The van der Waals surface area contributed by atoms with Gasteiger partial charge >= 0.3 is 10.2 Å². The molecular formula is C20H22N4O3S. The Hall–Kier alpha value is -2.58. The first kappa shape index (κ1) is 17.5. The molecule has 1 atom stereocenters. The molecule has 0 aromatic heterocycles.